The van der Waals surface area contributed by atoms with Gasteiger partial charge >= 0.3 is 12.4 Å². The third kappa shape index (κ3) is 5.87. The second kappa shape index (κ2) is 9.37. The Morgan fingerprint density at radius 3 is 2.24 bits per heavy atom. The molecule has 1 aliphatic rings. The molecule has 0 unspecified atom stereocenters. The Kier molecular flexibility index (Phi) is 6.50. The average molecular weight is 485 g/mol. The zero-order valence-corrected chi connectivity index (χ0v) is 17.3. The van der Waals surface area contributed by atoms with Crippen molar-refractivity contribution in [1.82, 2.24) is 24.9 Å². The molecule has 0 saturated carbocycles. The second-order valence-corrected chi connectivity index (χ2v) is 7.30. The summed E-state index contributed by atoms with van der Waals surface area (Å²) in [6.45, 7) is 1.01. The molecular formula is C20H17F6N7O. The van der Waals surface area contributed by atoms with E-state index in [-0.39, 0.29) is 35.1 Å². The van der Waals surface area contributed by atoms with Gasteiger partial charge in [-0.1, -0.05) is 6.07 Å². The van der Waals surface area contributed by atoms with E-state index in [1.54, 1.807) is 0 Å². The molecule has 1 saturated heterocycles. The molecule has 2 N–H and O–H groups in total. The van der Waals surface area contributed by atoms with Crippen LogP contribution in [-0.4, -0.2) is 44.2 Å². The van der Waals surface area contributed by atoms with Gasteiger partial charge in [-0.3, -0.25) is 4.98 Å². The predicted molar refractivity (Wildman–Crippen MR) is 108 cm³/mol. The highest BCUT2D eigenvalue weighted by Crippen LogP contribution is 2.31. The Labute approximate surface area is 188 Å². The number of halogens is 6. The number of pyridine rings is 2. The summed E-state index contributed by atoms with van der Waals surface area (Å²) >= 11 is 0. The van der Waals surface area contributed by atoms with Gasteiger partial charge in [-0.15, -0.1) is 0 Å². The maximum absolute atomic E-state index is 13.1. The molecular weight excluding hydrogens is 468 g/mol. The lowest BCUT2D eigenvalue weighted by Crippen LogP contribution is -2.29. The van der Waals surface area contributed by atoms with Crippen LogP contribution in [0.2, 0.25) is 0 Å². The zero-order chi connectivity index (χ0) is 24.3. The first-order chi connectivity index (χ1) is 16.1. The summed E-state index contributed by atoms with van der Waals surface area (Å²) in [7, 11) is 0. The van der Waals surface area contributed by atoms with Crippen LogP contribution in [0.25, 0.3) is 11.5 Å². The normalized spacial score (nSPS) is 15.2. The summed E-state index contributed by atoms with van der Waals surface area (Å²) in [4.78, 5) is 19.3. The SMILES string of the molecule is FC(F)(F)c1cc(Nc2nc(NC3CCOCC3)nc(-c3cccc(C(F)(F)F)n3)n2)ccn1. The highest BCUT2D eigenvalue weighted by Gasteiger charge is 2.33. The lowest BCUT2D eigenvalue weighted by Gasteiger charge is -2.23. The fourth-order valence-electron chi connectivity index (χ4n) is 3.14. The summed E-state index contributed by atoms with van der Waals surface area (Å²) in [5.41, 5.74) is -2.47. The molecule has 0 atom stereocenters. The molecule has 3 aromatic rings. The van der Waals surface area contributed by atoms with Gasteiger partial charge < -0.3 is 15.4 Å². The topological polar surface area (TPSA) is 97.7 Å². The Bertz CT molecular complexity index is 1150. The third-order valence-electron chi connectivity index (χ3n) is 4.77. The number of hydrogen-bond acceptors (Lipinski definition) is 8. The smallest absolute Gasteiger partial charge is 0.381 e. The van der Waals surface area contributed by atoms with E-state index in [0.29, 0.717) is 26.1 Å². The van der Waals surface area contributed by atoms with Crippen LogP contribution in [0.5, 0.6) is 0 Å². The molecule has 0 radical (unpaired) electrons. The molecule has 8 nitrogen and oxygen atoms in total. The fourth-order valence-corrected chi connectivity index (χ4v) is 3.14. The van der Waals surface area contributed by atoms with E-state index >= 15 is 0 Å². The first-order valence-corrected chi connectivity index (χ1v) is 10.0. The summed E-state index contributed by atoms with van der Waals surface area (Å²) in [5.74, 6) is -0.343. The molecule has 4 rings (SSSR count). The number of nitrogens with zero attached hydrogens (tertiary/aromatic N) is 5. The molecule has 0 amide bonds. The molecule has 4 heterocycles. The molecule has 180 valence electrons. The van der Waals surface area contributed by atoms with Crippen LogP contribution in [0, 0.1) is 0 Å². The van der Waals surface area contributed by atoms with E-state index in [1.807, 2.05) is 0 Å². The van der Waals surface area contributed by atoms with Crippen LogP contribution in [0.15, 0.2) is 36.5 Å². The Morgan fingerprint density at radius 1 is 0.824 bits per heavy atom. The Hall–Kier alpha value is -3.55. The number of hydrogen-bond donors (Lipinski definition) is 2. The number of nitrogens with one attached hydrogen (secondary N) is 2. The number of rotatable bonds is 5. The predicted octanol–water partition coefficient (Wildman–Crippen LogP) is 4.70. The van der Waals surface area contributed by atoms with Gasteiger partial charge in [0.25, 0.3) is 0 Å². The second-order valence-electron chi connectivity index (χ2n) is 7.30. The molecule has 34 heavy (non-hydrogen) atoms. The van der Waals surface area contributed by atoms with Crippen LogP contribution in [0.4, 0.5) is 43.9 Å². The van der Waals surface area contributed by atoms with Gasteiger partial charge in [-0.2, -0.15) is 41.3 Å². The highest BCUT2D eigenvalue weighted by atomic mass is 19.4. The number of aromatic nitrogens is 5. The zero-order valence-electron chi connectivity index (χ0n) is 17.3. The molecule has 14 heteroatoms. The van der Waals surface area contributed by atoms with E-state index in [9.17, 15) is 26.3 Å². The van der Waals surface area contributed by atoms with Crippen molar-refractivity contribution in [2.75, 3.05) is 23.8 Å². The van der Waals surface area contributed by atoms with Gasteiger partial charge in [0.15, 0.2) is 5.82 Å². The van der Waals surface area contributed by atoms with Gasteiger partial charge in [0.1, 0.15) is 17.1 Å². The van der Waals surface area contributed by atoms with E-state index in [0.717, 1.165) is 24.4 Å². The number of anilines is 3. The van der Waals surface area contributed by atoms with Gasteiger partial charge in [0, 0.05) is 31.1 Å². The van der Waals surface area contributed by atoms with Crippen LogP contribution in [0.1, 0.15) is 24.2 Å². The minimum absolute atomic E-state index is 0.0199. The van der Waals surface area contributed by atoms with Crippen LogP contribution < -0.4 is 10.6 Å². The minimum atomic E-state index is -4.68. The van der Waals surface area contributed by atoms with Crippen molar-refractivity contribution >= 4 is 17.6 Å². The molecule has 0 spiro atoms. The standard InChI is InChI=1S/C20H17F6N7O/c21-19(22,23)14-3-1-2-13(30-14)16-31-17(28-11-5-8-34-9-6-11)33-18(32-16)29-12-4-7-27-15(10-12)20(24,25)26/h1-4,7,10-11H,5-6,8-9H2,(H2,27,28,29,31,32,33). The summed E-state index contributed by atoms with van der Waals surface area (Å²) < 4.78 is 83.7. The molecule has 0 aromatic carbocycles. The average Bonchev–Trinajstić information content (AvgIpc) is 2.79. The van der Waals surface area contributed by atoms with Crippen molar-refractivity contribution in [2.45, 2.75) is 31.2 Å². The molecule has 1 aliphatic heterocycles. The Balaban J connectivity index is 1.70. The van der Waals surface area contributed by atoms with Crippen LogP contribution in [0.3, 0.4) is 0 Å². The number of alkyl halides is 6. The largest absolute Gasteiger partial charge is 0.433 e. The Morgan fingerprint density at radius 2 is 1.53 bits per heavy atom. The van der Waals surface area contributed by atoms with E-state index in [1.165, 1.54) is 12.1 Å². The minimum Gasteiger partial charge on any atom is -0.381 e. The molecule has 1 fully saturated rings. The quantitative estimate of drug-likeness (QED) is 0.502. The van der Waals surface area contributed by atoms with Crippen molar-refractivity contribution < 1.29 is 31.1 Å². The van der Waals surface area contributed by atoms with Gasteiger partial charge in [0.2, 0.25) is 11.9 Å². The van der Waals surface area contributed by atoms with E-state index in [2.05, 4.69) is 35.6 Å². The maximum Gasteiger partial charge on any atom is 0.433 e. The van der Waals surface area contributed by atoms with Gasteiger partial charge in [-0.05, 0) is 37.1 Å². The van der Waals surface area contributed by atoms with Crippen LogP contribution >= 0.6 is 0 Å². The van der Waals surface area contributed by atoms with Crippen molar-refractivity contribution in [2.24, 2.45) is 0 Å². The first kappa shape index (κ1) is 23.6. The lowest BCUT2D eigenvalue weighted by molar-refractivity contribution is -0.141. The number of ether oxygens (including phenoxy) is 1. The van der Waals surface area contributed by atoms with Crippen molar-refractivity contribution in [1.29, 1.82) is 0 Å². The summed E-state index contributed by atoms with van der Waals surface area (Å²) in [6, 6.07) is 5.22. The van der Waals surface area contributed by atoms with Gasteiger partial charge in [0.05, 0.1) is 0 Å². The third-order valence-corrected chi connectivity index (χ3v) is 4.77. The van der Waals surface area contributed by atoms with E-state index < -0.39 is 23.7 Å². The van der Waals surface area contributed by atoms with Gasteiger partial charge in [-0.25, -0.2) is 4.98 Å². The van der Waals surface area contributed by atoms with Crippen molar-refractivity contribution in [3.05, 3.63) is 47.9 Å². The first-order valence-electron chi connectivity index (χ1n) is 10.0. The van der Waals surface area contributed by atoms with Crippen molar-refractivity contribution in [3.8, 4) is 11.5 Å². The monoisotopic (exact) mass is 485 g/mol. The van der Waals surface area contributed by atoms with Crippen LogP contribution in [-0.2, 0) is 17.1 Å². The summed E-state index contributed by atoms with van der Waals surface area (Å²) in [6.07, 6.45) is -7.10. The van der Waals surface area contributed by atoms with E-state index in [4.69, 9.17) is 4.74 Å². The molecule has 3 aromatic heterocycles. The van der Waals surface area contributed by atoms with Crippen molar-refractivity contribution in [3.63, 3.8) is 0 Å². The summed E-state index contributed by atoms with van der Waals surface area (Å²) in [5, 5.41) is 5.71. The molecule has 0 aliphatic carbocycles. The fraction of sp³-hybridized carbons (Fsp3) is 0.350. The maximum atomic E-state index is 13.1. The highest BCUT2D eigenvalue weighted by molar-refractivity contribution is 5.59. The molecule has 0 bridgehead atoms. The lowest BCUT2D eigenvalue weighted by atomic mass is 10.1.